The quantitative estimate of drug-likeness (QED) is 0.755. The summed E-state index contributed by atoms with van der Waals surface area (Å²) in [6.07, 6.45) is 1.95. The van der Waals surface area contributed by atoms with E-state index in [-0.39, 0.29) is 12.3 Å². The van der Waals surface area contributed by atoms with Crippen LogP contribution in [0.2, 0.25) is 0 Å². The topological polar surface area (TPSA) is 83.3 Å². The highest BCUT2D eigenvalue weighted by atomic mass is 16.5. The van der Waals surface area contributed by atoms with Crippen LogP contribution in [-0.4, -0.2) is 42.2 Å². The lowest BCUT2D eigenvalue weighted by molar-refractivity contribution is -0.115. The van der Waals surface area contributed by atoms with E-state index >= 15 is 0 Å². The second kappa shape index (κ2) is 6.90. The van der Waals surface area contributed by atoms with E-state index in [9.17, 15) is 4.79 Å². The molecule has 2 N–H and O–H groups in total. The number of piperazine rings is 1. The van der Waals surface area contributed by atoms with E-state index in [1.54, 1.807) is 6.20 Å². The molecule has 1 amide bonds. The summed E-state index contributed by atoms with van der Waals surface area (Å²) >= 11 is 0. The van der Waals surface area contributed by atoms with Gasteiger partial charge in [0, 0.05) is 31.6 Å². The van der Waals surface area contributed by atoms with Gasteiger partial charge in [0.1, 0.15) is 11.5 Å². The molecule has 1 aliphatic rings. The summed E-state index contributed by atoms with van der Waals surface area (Å²) < 4.78 is 5.23. The average molecular weight is 337 g/mol. The second-order valence-corrected chi connectivity index (χ2v) is 5.99. The maximum Gasteiger partial charge on any atom is 0.231 e. The SMILES string of the molecule is O=C(Cc1noc2ccccc12)Nc1ccc(N2CCNCC2)cn1. The van der Waals surface area contributed by atoms with Crippen molar-refractivity contribution in [3.63, 3.8) is 0 Å². The molecule has 2 aromatic heterocycles. The van der Waals surface area contributed by atoms with Gasteiger partial charge in [0.2, 0.25) is 5.91 Å². The number of rotatable bonds is 4. The predicted octanol–water partition coefficient (Wildman–Crippen LogP) is 1.81. The molecule has 7 heteroatoms. The number of hydrogen-bond acceptors (Lipinski definition) is 6. The van der Waals surface area contributed by atoms with E-state index < -0.39 is 0 Å². The molecule has 3 heterocycles. The van der Waals surface area contributed by atoms with Crippen LogP contribution < -0.4 is 15.5 Å². The lowest BCUT2D eigenvalue weighted by Gasteiger charge is -2.29. The normalized spacial score (nSPS) is 14.6. The minimum absolute atomic E-state index is 0.151. The molecule has 0 radical (unpaired) electrons. The van der Waals surface area contributed by atoms with Gasteiger partial charge in [0.25, 0.3) is 0 Å². The summed E-state index contributed by atoms with van der Waals surface area (Å²) in [6, 6.07) is 11.3. The van der Waals surface area contributed by atoms with Crippen LogP contribution in [0, 0.1) is 0 Å². The molecule has 0 atom stereocenters. The van der Waals surface area contributed by atoms with Gasteiger partial charge in [0.05, 0.1) is 18.3 Å². The fourth-order valence-corrected chi connectivity index (χ4v) is 2.97. The molecule has 1 aromatic carbocycles. The van der Waals surface area contributed by atoms with E-state index in [2.05, 4.69) is 25.7 Å². The van der Waals surface area contributed by atoms with Crippen LogP contribution in [-0.2, 0) is 11.2 Å². The highest BCUT2D eigenvalue weighted by Crippen LogP contribution is 2.19. The molecule has 25 heavy (non-hydrogen) atoms. The molecule has 0 unspecified atom stereocenters. The van der Waals surface area contributed by atoms with Crippen molar-refractivity contribution in [2.75, 3.05) is 36.4 Å². The Morgan fingerprint density at radius 1 is 1.20 bits per heavy atom. The van der Waals surface area contributed by atoms with E-state index in [1.807, 2.05) is 36.4 Å². The van der Waals surface area contributed by atoms with E-state index in [0.717, 1.165) is 37.3 Å². The maximum atomic E-state index is 12.3. The largest absolute Gasteiger partial charge is 0.368 e. The molecule has 128 valence electrons. The number of benzene rings is 1. The summed E-state index contributed by atoms with van der Waals surface area (Å²) in [4.78, 5) is 18.9. The molecule has 1 saturated heterocycles. The first kappa shape index (κ1) is 15.6. The number of aromatic nitrogens is 2. The van der Waals surface area contributed by atoms with Crippen LogP contribution in [0.1, 0.15) is 5.69 Å². The van der Waals surface area contributed by atoms with Gasteiger partial charge in [0.15, 0.2) is 5.58 Å². The molecule has 3 aromatic rings. The highest BCUT2D eigenvalue weighted by molar-refractivity contribution is 5.94. The Hall–Kier alpha value is -2.93. The van der Waals surface area contributed by atoms with Crippen molar-refractivity contribution in [2.45, 2.75) is 6.42 Å². The summed E-state index contributed by atoms with van der Waals surface area (Å²) in [5.74, 6) is 0.373. The zero-order valence-corrected chi connectivity index (χ0v) is 13.7. The van der Waals surface area contributed by atoms with Crippen LogP contribution in [0.5, 0.6) is 0 Å². The van der Waals surface area contributed by atoms with Gasteiger partial charge in [-0.25, -0.2) is 4.98 Å². The third-order valence-corrected chi connectivity index (χ3v) is 4.28. The molecule has 0 aliphatic carbocycles. The van der Waals surface area contributed by atoms with Crippen LogP contribution in [0.4, 0.5) is 11.5 Å². The van der Waals surface area contributed by atoms with E-state index in [4.69, 9.17) is 4.52 Å². The smallest absolute Gasteiger partial charge is 0.231 e. The second-order valence-electron chi connectivity index (χ2n) is 5.99. The fraction of sp³-hybridized carbons (Fsp3) is 0.278. The number of nitrogens with one attached hydrogen (secondary N) is 2. The fourth-order valence-electron chi connectivity index (χ4n) is 2.97. The number of nitrogens with zero attached hydrogens (tertiary/aromatic N) is 3. The van der Waals surface area contributed by atoms with Crippen molar-refractivity contribution in [2.24, 2.45) is 0 Å². The summed E-state index contributed by atoms with van der Waals surface area (Å²) in [5.41, 5.74) is 2.39. The molecular formula is C18H19N5O2. The number of amides is 1. The molecule has 0 saturated carbocycles. The number of fused-ring (bicyclic) bond motifs is 1. The van der Waals surface area contributed by atoms with Crippen LogP contribution in [0.15, 0.2) is 47.1 Å². The number of pyridine rings is 1. The van der Waals surface area contributed by atoms with Crippen LogP contribution >= 0.6 is 0 Å². The van der Waals surface area contributed by atoms with Gasteiger partial charge in [-0.15, -0.1) is 0 Å². The van der Waals surface area contributed by atoms with Gasteiger partial charge in [-0.2, -0.15) is 0 Å². The standard InChI is InChI=1S/C18H19N5O2/c24-18(11-15-14-3-1-2-4-16(14)25-22-15)21-17-6-5-13(12-20-17)23-9-7-19-8-10-23/h1-6,12,19H,7-11H2,(H,20,21,24). The number of carbonyl (C=O) groups excluding carboxylic acids is 1. The van der Waals surface area contributed by atoms with Gasteiger partial charge in [-0.05, 0) is 24.3 Å². The number of para-hydroxylation sites is 1. The minimum atomic E-state index is -0.165. The minimum Gasteiger partial charge on any atom is -0.368 e. The average Bonchev–Trinajstić information content (AvgIpc) is 3.06. The molecular weight excluding hydrogens is 318 g/mol. The monoisotopic (exact) mass is 337 g/mol. The molecule has 0 spiro atoms. The molecule has 7 nitrogen and oxygen atoms in total. The van der Waals surface area contributed by atoms with Crippen molar-refractivity contribution in [1.29, 1.82) is 0 Å². The zero-order chi connectivity index (χ0) is 17.1. The van der Waals surface area contributed by atoms with Gasteiger partial charge < -0.3 is 20.1 Å². The Morgan fingerprint density at radius 3 is 2.84 bits per heavy atom. The van der Waals surface area contributed by atoms with Crippen LogP contribution in [0.25, 0.3) is 11.0 Å². The third kappa shape index (κ3) is 3.46. The van der Waals surface area contributed by atoms with Gasteiger partial charge in [-0.3, -0.25) is 4.79 Å². The molecule has 1 fully saturated rings. The van der Waals surface area contributed by atoms with Crippen molar-refractivity contribution in [3.05, 3.63) is 48.3 Å². The first-order valence-corrected chi connectivity index (χ1v) is 8.34. The Balaban J connectivity index is 1.40. The summed E-state index contributed by atoms with van der Waals surface area (Å²) in [7, 11) is 0. The van der Waals surface area contributed by atoms with E-state index in [0.29, 0.717) is 17.1 Å². The van der Waals surface area contributed by atoms with Gasteiger partial charge in [-0.1, -0.05) is 17.3 Å². The van der Waals surface area contributed by atoms with Crippen molar-refractivity contribution in [1.82, 2.24) is 15.5 Å². The predicted molar refractivity (Wildman–Crippen MR) is 95.7 cm³/mol. The van der Waals surface area contributed by atoms with Crippen LogP contribution in [0.3, 0.4) is 0 Å². The number of carbonyl (C=O) groups is 1. The Labute approximate surface area is 145 Å². The number of hydrogen-bond donors (Lipinski definition) is 2. The number of anilines is 2. The molecule has 0 bridgehead atoms. The highest BCUT2D eigenvalue weighted by Gasteiger charge is 2.14. The maximum absolute atomic E-state index is 12.3. The first-order chi connectivity index (χ1) is 12.3. The van der Waals surface area contributed by atoms with Crippen molar-refractivity contribution in [3.8, 4) is 0 Å². The van der Waals surface area contributed by atoms with Crippen molar-refractivity contribution >= 4 is 28.4 Å². The summed E-state index contributed by atoms with van der Waals surface area (Å²) in [5, 5.41) is 11.0. The van der Waals surface area contributed by atoms with Gasteiger partial charge >= 0.3 is 0 Å². The zero-order valence-electron chi connectivity index (χ0n) is 13.7. The lowest BCUT2D eigenvalue weighted by atomic mass is 10.1. The molecule has 1 aliphatic heterocycles. The Bertz CT molecular complexity index is 869. The third-order valence-electron chi connectivity index (χ3n) is 4.28. The van der Waals surface area contributed by atoms with Crippen molar-refractivity contribution < 1.29 is 9.32 Å². The summed E-state index contributed by atoms with van der Waals surface area (Å²) in [6.45, 7) is 3.88. The molecule has 4 rings (SSSR count). The Kier molecular flexibility index (Phi) is 4.30. The Morgan fingerprint density at radius 2 is 2.04 bits per heavy atom. The van der Waals surface area contributed by atoms with E-state index in [1.165, 1.54) is 0 Å². The first-order valence-electron chi connectivity index (χ1n) is 8.34. The lowest BCUT2D eigenvalue weighted by Crippen LogP contribution is -2.43.